The highest BCUT2D eigenvalue weighted by atomic mass is 16.3. The first-order valence-electron chi connectivity index (χ1n) is 9.82. The number of imide groups is 1. The number of amides is 4. The SMILES string of the molecule is C[C@]1(c2ccccc2)NC(=O)N(NC(=O)CN[C@@H](c2ccccc2)c2ccco2)C1=O. The van der Waals surface area contributed by atoms with Gasteiger partial charge in [-0.2, -0.15) is 5.01 Å². The van der Waals surface area contributed by atoms with Crippen LogP contribution >= 0.6 is 0 Å². The maximum absolute atomic E-state index is 12.9. The fourth-order valence-corrected chi connectivity index (χ4v) is 3.55. The lowest BCUT2D eigenvalue weighted by atomic mass is 9.92. The molecule has 0 unspecified atom stereocenters. The minimum absolute atomic E-state index is 0.140. The van der Waals surface area contributed by atoms with Crippen LogP contribution < -0.4 is 16.1 Å². The predicted octanol–water partition coefficient (Wildman–Crippen LogP) is 2.46. The van der Waals surface area contributed by atoms with Crippen LogP contribution in [0.2, 0.25) is 0 Å². The summed E-state index contributed by atoms with van der Waals surface area (Å²) in [5.41, 5.74) is 2.69. The molecular weight excluding hydrogens is 396 g/mol. The van der Waals surface area contributed by atoms with Gasteiger partial charge in [0, 0.05) is 0 Å². The summed E-state index contributed by atoms with van der Waals surface area (Å²) in [6.07, 6.45) is 1.56. The van der Waals surface area contributed by atoms with Crippen molar-refractivity contribution in [3.63, 3.8) is 0 Å². The van der Waals surface area contributed by atoms with Gasteiger partial charge in [-0.25, -0.2) is 4.79 Å². The molecule has 0 bridgehead atoms. The van der Waals surface area contributed by atoms with Crippen LogP contribution in [0.15, 0.2) is 83.5 Å². The van der Waals surface area contributed by atoms with E-state index in [-0.39, 0.29) is 12.6 Å². The van der Waals surface area contributed by atoms with Gasteiger partial charge >= 0.3 is 6.03 Å². The summed E-state index contributed by atoms with van der Waals surface area (Å²) in [5.74, 6) is -0.443. The largest absolute Gasteiger partial charge is 0.467 e. The molecule has 1 aliphatic heterocycles. The number of hydrogen-bond donors (Lipinski definition) is 3. The average molecular weight is 418 g/mol. The van der Waals surface area contributed by atoms with Gasteiger partial charge in [-0.1, -0.05) is 60.7 Å². The lowest BCUT2D eigenvalue weighted by Crippen LogP contribution is -2.50. The van der Waals surface area contributed by atoms with Gasteiger partial charge in [0.2, 0.25) is 0 Å². The van der Waals surface area contributed by atoms with E-state index in [1.165, 1.54) is 0 Å². The molecule has 1 aromatic heterocycles. The summed E-state index contributed by atoms with van der Waals surface area (Å²) in [5, 5.41) is 6.49. The molecule has 1 fully saturated rings. The Balaban J connectivity index is 1.44. The van der Waals surface area contributed by atoms with E-state index in [4.69, 9.17) is 4.42 Å². The van der Waals surface area contributed by atoms with Gasteiger partial charge in [-0.05, 0) is 30.2 Å². The van der Waals surface area contributed by atoms with Gasteiger partial charge < -0.3 is 9.73 Å². The molecule has 2 atom stereocenters. The Hall–Kier alpha value is -3.91. The first-order chi connectivity index (χ1) is 15.0. The Morgan fingerprint density at radius 3 is 2.35 bits per heavy atom. The lowest BCUT2D eigenvalue weighted by Gasteiger charge is -2.22. The molecule has 4 rings (SSSR count). The van der Waals surface area contributed by atoms with E-state index in [2.05, 4.69) is 16.1 Å². The third-order valence-electron chi connectivity index (χ3n) is 5.21. The van der Waals surface area contributed by atoms with Crippen molar-refractivity contribution in [3.8, 4) is 0 Å². The van der Waals surface area contributed by atoms with Crippen LogP contribution in [0.3, 0.4) is 0 Å². The van der Waals surface area contributed by atoms with Crippen LogP contribution in [0.5, 0.6) is 0 Å². The van der Waals surface area contributed by atoms with Crippen LogP contribution in [0, 0.1) is 0 Å². The van der Waals surface area contributed by atoms with E-state index in [0.717, 1.165) is 10.6 Å². The molecule has 8 heteroatoms. The van der Waals surface area contributed by atoms with Crippen LogP contribution in [0.25, 0.3) is 0 Å². The van der Waals surface area contributed by atoms with Gasteiger partial charge in [0.05, 0.1) is 18.8 Å². The van der Waals surface area contributed by atoms with E-state index < -0.39 is 23.4 Å². The number of rotatable bonds is 7. The highest BCUT2D eigenvalue weighted by Crippen LogP contribution is 2.27. The zero-order valence-electron chi connectivity index (χ0n) is 16.9. The molecule has 2 aromatic carbocycles. The third kappa shape index (κ3) is 4.06. The molecule has 0 aliphatic carbocycles. The number of carbonyl (C=O) groups is 3. The Labute approximate surface area is 179 Å². The maximum Gasteiger partial charge on any atom is 0.344 e. The molecule has 1 saturated heterocycles. The van der Waals surface area contributed by atoms with Crippen molar-refractivity contribution in [1.82, 2.24) is 21.1 Å². The van der Waals surface area contributed by atoms with E-state index in [0.29, 0.717) is 11.3 Å². The number of nitrogens with zero attached hydrogens (tertiary/aromatic N) is 1. The lowest BCUT2D eigenvalue weighted by molar-refractivity contribution is -0.138. The first kappa shape index (κ1) is 20.4. The number of furan rings is 1. The fraction of sp³-hybridized carbons (Fsp3) is 0.174. The van der Waals surface area contributed by atoms with Crippen molar-refractivity contribution in [1.29, 1.82) is 0 Å². The standard InChI is InChI=1S/C23H22N4O4/c1-23(17-11-6-3-7-12-17)21(29)27(22(30)25-23)26-19(28)15-24-20(18-13-8-14-31-18)16-9-4-2-5-10-16/h2-14,20,24H,15H2,1H3,(H,25,30)(H,26,28)/t20-,23+/m0/s1. The van der Waals surface area contributed by atoms with Gasteiger partial charge in [0.1, 0.15) is 11.3 Å². The molecule has 0 radical (unpaired) electrons. The molecule has 0 spiro atoms. The highest BCUT2D eigenvalue weighted by Gasteiger charge is 2.49. The number of hydrogen-bond acceptors (Lipinski definition) is 5. The Bertz CT molecular complexity index is 1070. The quantitative estimate of drug-likeness (QED) is 0.512. The number of benzene rings is 2. The maximum atomic E-state index is 12.9. The van der Waals surface area contributed by atoms with Crippen molar-refractivity contribution >= 4 is 17.8 Å². The second-order valence-corrected chi connectivity index (χ2v) is 7.34. The minimum atomic E-state index is -1.25. The molecule has 0 saturated carbocycles. The number of urea groups is 1. The van der Waals surface area contributed by atoms with Gasteiger partial charge in [0.25, 0.3) is 11.8 Å². The van der Waals surface area contributed by atoms with E-state index >= 15 is 0 Å². The van der Waals surface area contributed by atoms with Gasteiger partial charge in [-0.3, -0.25) is 20.3 Å². The summed E-state index contributed by atoms with van der Waals surface area (Å²) < 4.78 is 5.50. The van der Waals surface area contributed by atoms with E-state index in [9.17, 15) is 14.4 Å². The monoisotopic (exact) mass is 418 g/mol. The normalized spacial score (nSPS) is 19.2. The summed E-state index contributed by atoms with van der Waals surface area (Å²) in [6, 6.07) is 20.9. The Morgan fingerprint density at radius 2 is 1.71 bits per heavy atom. The highest BCUT2D eigenvalue weighted by molar-refractivity contribution is 6.08. The molecular formula is C23H22N4O4. The summed E-state index contributed by atoms with van der Waals surface area (Å²) in [4.78, 5) is 37.9. The summed E-state index contributed by atoms with van der Waals surface area (Å²) in [7, 11) is 0. The Morgan fingerprint density at radius 1 is 1.03 bits per heavy atom. The van der Waals surface area contributed by atoms with Crippen molar-refractivity contribution in [2.45, 2.75) is 18.5 Å². The second kappa shape index (κ2) is 8.45. The van der Waals surface area contributed by atoms with Gasteiger partial charge in [0.15, 0.2) is 0 Å². The smallest absolute Gasteiger partial charge is 0.344 e. The van der Waals surface area contributed by atoms with Crippen LogP contribution in [-0.4, -0.2) is 29.4 Å². The molecule has 3 N–H and O–H groups in total. The first-order valence-corrected chi connectivity index (χ1v) is 9.82. The van der Waals surface area contributed by atoms with Gasteiger partial charge in [-0.15, -0.1) is 0 Å². The van der Waals surface area contributed by atoms with Crippen LogP contribution in [0.1, 0.15) is 29.9 Å². The third-order valence-corrected chi connectivity index (χ3v) is 5.21. The number of carbonyl (C=O) groups excluding carboxylic acids is 3. The minimum Gasteiger partial charge on any atom is -0.467 e. The molecule has 158 valence electrons. The van der Waals surface area contributed by atoms with E-state index in [1.807, 2.05) is 42.5 Å². The topological polar surface area (TPSA) is 104 Å². The summed E-state index contributed by atoms with van der Waals surface area (Å²) >= 11 is 0. The van der Waals surface area contributed by atoms with Crippen molar-refractivity contribution < 1.29 is 18.8 Å². The van der Waals surface area contributed by atoms with Crippen molar-refractivity contribution in [2.24, 2.45) is 0 Å². The molecule has 4 amide bonds. The summed E-state index contributed by atoms with van der Waals surface area (Å²) in [6.45, 7) is 1.47. The molecule has 1 aliphatic rings. The molecule has 8 nitrogen and oxygen atoms in total. The van der Waals surface area contributed by atoms with Crippen LogP contribution in [-0.2, 0) is 15.1 Å². The molecule has 3 aromatic rings. The second-order valence-electron chi connectivity index (χ2n) is 7.34. The number of hydrazine groups is 1. The van der Waals surface area contributed by atoms with E-state index in [1.54, 1.807) is 43.5 Å². The van der Waals surface area contributed by atoms with Crippen molar-refractivity contribution in [2.75, 3.05) is 6.54 Å². The molecule has 31 heavy (non-hydrogen) atoms. The zero-order chi connectivity index (χ0) is 21.8. The Kier molecular flexibility index (Phi) is 5.55. The zero-order valence-corrected chi connectivity index (χ0v) is 16.9. The fourth-order valence-electron chi connectivity index (χ4n) is 3.55. The average Bonchev–Trinajstić information content (AvgIpc) is 3.39. The van der Waals surface area contributed by atoms with Crippen LogP contribution in [0.4, 0.5) is 4.79 Å². The molecule has 2 heterocycles. The van der Waals surface area contributed by atoms with Crippen molar-refractivity contribution in [3.05, 3.63) is 95.9 Å². The number of nitrogens with one attached hydrogen (secondary N) is 3. The predicted molar refractivity (Wildman–Crippen MR) is 112 cm³/mol.